The maximum absolute atomic E-state index is 13.4. The van der Waals surface area contributed by atoms with Crippen molar-refractivity contribution in [1.82, 2.24) is 24.1 Å². The highest BCUT2D eigenvalue weighted by Gasteiger charge is 2.27. The van der Waals surface area contributed by atoms with Crippen LogP contribution < -0.4 is 15.9 Å². The Morgan fingerprint density at radius 3 is 2.32 bits per heavy atom. The number of H-pyrrole nitrogens is 1. The average molecular weight is 508 g/mol. The number of hydrogen-bond donors (Lipinski definition) is 1. The number of para-hydroxylation sites is 1. The van der Waals surface area contributed by atoms with Gasteiger partial charge in [0.1, 0.15) is 11.3 Å². The van der Waals surface area contributed by atoms with E-state index in [-0.39, 0.29) is 17.7 Å². The van der Waals surface area contributed by atoms with Gasteiger partial charge in [0, 0.05) is 73.9 Å². The van der Waals surface area contributed by atoms with Gasteiger partial charge in [-0.05, 0) is 31.0 Å². The lowest BCUT2D eigenvalue weighted by atomic mass is 10.0. The molecule has 3 aromatic heterocycles. The molecule has 1 aliphatic rings. The quantitative estimate of drug-likeness (QED) is 0.406. The number of nitrogens with one attached hydrogen (secondary N) is 1. The van der Waals surface area contributed by atoms with Crippen LogP contribution in [0.5, 0.6) is 11.5 Å². The minimum atomic E-state index is -2.68. The van der Waals surface area contributed by atoms with Crippen LogP contribution in [0.4, 0.5) is 8.78 Å². The predicted octanol–water partition coefficient (Wildman–Crippen LogP) is 4.37. The summed E-state index contributed by atoms with van der Waals surface area (Å²) in [4.78, 5) is 28.9. The van der Waals surface area contributed by atoms with E-state index in [0.717, 1.165) is 16.1 Å². The van der Waals surface area contributed by atoms with Gasteiger partial charge in [-0.2, -0.15) is 8.78 Å². The molecular formula is C27H27F2N5O3. The summed E-state index contributed by atoms with van der Waals surface area (Å²) in [6.07, 6.45) is 4.66. The first-order chi connectivity index (χ1) is 17.5. The number of hydrazine groups is 1. The van der Waals surface area contributed by atoms with Gasteiger partial charge in [0.15, 0.2) is 5.75 Å². The SMILES string of the molecule is Cc1cccc(C)c1Oc1cn(C)c(=O)cc1-c1cn(C)c(=O)c2[nH]c(C3=CN(C(F)F)N(C)C3)cc12. The van der Waals surface area contributed by atoms with Crippen molar-refractivity contribution in [3.8, 4) is 22.6 Å². The van der Waals surface area contributed by atoms with Gasteiger partial charge in [0.2, 0.25) is 0 Å². The highest BCUT2D eigenvalue weighted by molar-refractivity contribution is 5.98. The van der Waals surface area contributed by atoms with Gasteiger partial charge in [-0.1, -0.05) is 18.2 Å². The number of aromatic nitrogens is 3. The number of ether oxygens (including phenoxy) is 1. The molecule has 5 rings (SSSR count). The fourth-order valence-electron chi connectivity index (χ4n) is 4.68. The monoisotopic (exact) mass is 507 g/mol. The molecule has 1 aromatic carbocycles. The van der Waals surface area contributed by atoms with Gasteiger partial charge in [0.25, 0.3) is 11.1 Å². The molecule has 4 aromatic rings. The molecule has 0 unspecified atom stereocenters. The Balaban J connectivity index is 1.72. The summed E-state index contributed by atoms with van der Waals surface area (Å²) in [6, 6.07) is 9.09. The van der Waals surface area contributed by atoms with Gasteiger partial charge in [-0.15, -0.1) is 0 Å². The molecule has 37 heavy (non-hydrogen) atoms. The second kappa shape index (κ2) is 9.04. The molecule has 10 heteroatoms. The van der Waals surface area contributed by atoms with Crippen molar-refractivity contribution in [2.75, 3.05) is 13.6 Å². The first kappa shape index (κ1) is 24.5. The maximum Gasteiger partial charge on any atom is 0.327 e. The molecule has 0 aliphatic carbocycles. The molecule has 0 saturated heterocycles. The van der Waals surface area contributed by atoms with Crippen LogP contribution in [0.3, 0.4) is 0 Å². The topological polar surface area (TPSA) is 75.5 Å². The molecule has 0 amide bonds. The van der Waals surface area contributed by atoms with Crippen molar-refractivity contribution in [3.05, 3.63) is 86.5 Å². The number of rotatable bonds is 5. The number of hydrogen-bond acceptors (Lipinski definition) is 5. The number of aryl methyl sites for hydroxylation is 4. The number of pyridine rings is 2. The van der Waals surface area contributed by atoms with Crippen molar-refractivity contribution >= 4 is 16.5 Å². The fourth-order valence-corrected chi connectivity index (χ4v) is 4.68. The Bertz CT molecular complexity index is 1660. The third kappa shape index (κ3) is 4.23. The Morgan fingerprint density at radius 2 is 1.68 bits per heavy atom. The molecular weight excluding hydrogens is 480 g/mol. The predicted molar refractivity (Wildman–Crippen MR) is 139 cm³/mol. The Morgan fingerprint density at radius 1 is 0.973 bits per heavy atom. The van der Waals surface area contributed by atoms with Crippen LogP contribution >= 0.6 is 0 Å². The number of aromatic amines is 1. The molecule has 0 atom stereocenters. The van der Waals surface area contributed by atoms with Crippen molar-refractivity contribution in [2.24, 2.45) is 14.1 Å². The van der Waals surface area contributed by atoms with E-state index in [1.807, 2.05) is 32.0 Å². The fraction of sp³-hybridized carbons (Fsp3) is 0.259. The van der Waals surface area contributed by atoms with E-state index in [9.17, 15) is 18.4 Å². The summed E-state index contributed by atoms with van der Waals surface area (Å²) in [7, 11) is 4.84. The molecule has 8 nitrogen and oxygen atoms in total. The van der Waals surface area contributed by atoms with Gasteiger partial charge in [0.05, 0.1) is 6.20 Å². The third-order valence-corrected chi connectivity index (χ3v) is 6.70. The van der Waals surface area contributed by atoms with Crippen LogP contribution in [-0.2, 0) is 14.1 Å². The van der Waals surface area contributed by atoms with Crippen molar-refractivity contribution in [1.29, 1.82) is 0 Å². The van der Waals surface area contributed by atoms with Crippen molar-refractivity contribution in [3.63, 3.8) is 0 Å². The van der Waals surface area contributed by atoms with Crippen molar-refractivity contribution < 1.29 is 13.5 Å². The molecule has 0 radical (unpaired) electrons. The lowest BCUT2D eigenvalue weighted by Gasteiger charge is -2.23. The van der Waals surface area contributed by atoms with Crippen LogP contribution in [0.15, 0.2) is 58.5 Å². The summed E-state index contributed by atoms with van der Waals surface area (Å²) in [5.41, 5.74) is 3.97. The third-order valence-electron chi connectivity index (χ3n) is 6.70. The normalized spacial score (nSPS) is 14.2. The van der Waals surface area contributed by atoms with E-state index in [0.29, 0.717) is 44.8 Å². The van der Waals surface area contributed by atoms with Gasteiger partial charge >= 0.3 is 6.55 Å². The highest BCUT2D eigenvalue weighted by Crippen LogP contribution is 2.38. The Kier molecular flexibility index (Phi) is 5.99. The van der Waals surface area contributed by atoms with E-state index in [1.165, 1.54) is 26.4 Å². The van der Waals surface area contributed by atoms with Gasteiger partial charge in [-0.3, -0.25) is 14.6 Å². The number of likely N-dealkylation sites (N-methyl/N-ethyl adjacent to an activating group) is 1. The molecule has 0 fully saturated rings. The molecule has 0 saturated carbocycles. The summed E-state index contributed by atoms with van der Waals surface area (Å²) in [6.45, 7) is 1.46. The van der Waals surface area contributed by atoms with E-state index >= 15 is 0 Å². The minimum absolute atomic E-state index is 0.241. The number of nitrogens with zero attached hydrogens (tertiary/aromatic N) is 4. The zero-order valence-electron chi connectivity index (χ0n) is 21.2. The summed E-state index contributed by atoms with van der Waals surface area (Å²) in [5.74, 6) is 1.13. The number of halogens is 2. The molecule has 4 heterocycles. The molecule has 1 aliphatic heterocycles. The first-order valence-corrected chi connectivity index (χ1v) is 11.7. The Labute approximate surface area is 211 Å². The van der Waals surface area contributed by atoms with Gasteiger partial charge < -0.3 is 18.9 Å². The Hall–Kier alpha value is -4.18. The summed E-state index contributed by atoms with van der Waals surface area (Å²) < 4.78 is 36.0. The molecule has 1 N–H and O–H groups in total. The summed E-state index contributed by atoms with van der Waals surface area (Å²) in [5, 5.41) is 2.82. The smallest absolute Gasteiger partial charge is 0.327 e. The van der Waals surface area contributed by atoms with E-state index in [4.69, 9.17) is 4.74 Å². The largest absolute Gasteiger partial charge is 0.455 e. The number of fused-ring (bicyclic) bond motifs is 1. The van der Waals surface area contributed by atoms with Gasteiger partial charge in [-0.25, -0.2) is 5.01 Å². The van der Waals surface area contributed by atoms with Crippen LogP contribution in [-0.4, -0.2) is 44.3 Å². The molecule has 0 bridgehead atoms. The lowest BCUT2D eigenvalue weighted by molar-refractivity contribution is -0.0983. The minimum Gasteiger partial charge on any atom is -0.455 e. The van der Waals surface area contributed by atoms with Crippen LogP contribution in [0, 0.1) is 13.8 Å². The number of benzene rings is 1. The van der Waals surface area contributed by atoms with E-state index < -0.39 is 6.55 Å². The van der Waals surface area contributed by atoms with E-state index in [2.05, 4.69) is 4.98 Å². The summed E-state index contributed by atoms with van der Waals surface area (Å²) >= 11 is 0. The maximum atomic E-state index is 13.4. The standard InChI is InChI=1S/C27H27F2N5O3/c1-15-7-6-8-16(2)25(15)37-22-14-31(3)23(35)10-18(22)20-13-32(4)26(36)24-19(20)9-21(30-24)17-11-33(5)34(12-17)27(28)29/h6-10,12-14,27,30H,11H2,1-5H3. The number of alkyl halides is 2. The zero-order chi connectivity index (χ0) is 26.6. The highest BCUT2D eigenvalue weighted by atomic mass is 19.3. The second-order valence-electron chi connectivity index (χ2n) is 9.38. The van der Waals surface area contributed by atoms with E-state index in [1.54, 1.807) is 39.6 Å². The van der Waals surface area contributed by atoms with Crippen LogP contribution in [0.2, 0.25) is 0 Å². The lowest BCUT2D eigenvalue weighted by Crippen LogP contribution is -2.35. The van der Waals surface area contributed by atoms with Crippen molar-refractivity contribution in [2.45, 2.75) is 20.4 Å². The second-order valence-corrected chi connectivity index (χ2v) is 9.38. The van der Waals surface area contributed by atoms with Crippen LogP contribution in [0.1, 0.15) is 16.8 Å². The molecule has 192 valence electrons. The van der Waals surface area contributed by atoms with Crippen LogP contribution in [0.25, 0.3) is 27.6 Å². The zero-order valence-corrected chi connectivity index (χ0v) is 21.2. The first-order valence-electron chi connectivity index (χ1n) is 11.7. The molecule has 0 spiro atoms. The average Bonchev–Trinajstić information content (AvgIpc) is 3.45.